The Bertz CT molecular complexity index is 962. The lowest BCUT2D eigenvalue weighted by atomic mass is 10.0. The number of amides is 1. The van der Waals surface area contributed by atoms with Gasteiger partial charge in [-0.05, 0) is 89.9 Å². The fourth-order valence-electron chi connectivity index (χ4n) is 7.62. The molecule has 0 rings (SSSR count). The number of hydrogen-bond acceptors (Lipinski definition) is 5. The Morgan fingerprint density at radius 1 is 0.458 bits per heavy atom. The molecule has 0 aliphatic heterocycles. The van der Waals surface area contributed by atoms with Crippen LogP contribution in [0.15, 0.2) is 36.5 Å². The number of rotatable bonds is 47. The van der Waals surface area contributed by atoms with Gasteiger partial charge in [0.1, 0.15) is 0 Å². The summed E-state index contributed by atoms with van der Waals surface area (Å²) >= 11 is 0. The molecule has 0 radical (unpaired) electrons. The van der Waals surface area contributed by atoms with E-state index in [0.717, 1.165) is 83.5 Å². The molecule has 346 valence electrons. The molecule has 0 saturated carbocycles. The van der Waals surface area contributed by atoms with Crippen molar-refractivity contribution in [3.63, 3.8) is 0 Å². The second-order valence-electron chi connectivity index (χ2n) is 17.5. The molecule has 0 heterocycles. The van der Waals surface area contributed by atoms with Gasteiger partial charge in [0.05, 0.1) is 25.4 Å². The van der Waals surface area contributed by atoms with Crippen molar-refractivity contribution < 1.29 is 24.5 Å². The number of ether oxygens (including phenoxy) is 1. The molecular weight excluding hydrogens is 731 g/mol. The minimum absolute atomic E-state index is 0.0324. The van der Waals surface area contributed by atoms with Crippen LogP contribution in [0.25, 0.3) is 0 Å². The number of aliphatic hydroxyl groups is 2. The fraction of sp³-hybridized carbons (Fsp3) is 0.849. The zero-order chi connectivity index (χ0) is 43.0. The molecule has 0 aliphatic carbocycles. The largest absolute Gasteiger partial charge is 0.466 e. The van der Waals surface area contributed by atoms with Crippen molar-refractivity contribution in [3.8, 4) is 0 Å². The Morgan fingerprint density at radius 2 is 0.797 bits per heavy atom. The van der Waals surface area contributed by atoms with E-state index in [9.17, 15) is 19.8 Å². The highest BCUT2D eigenvalue weighted by molar-refractivity contribution is 5.76. The highest BCUT2D eigenvalue weighted by Gasteiger charge is 2.18. The zero-order valence-corrected chi connectivity index (χ0v) is 39.2. The Hall–Kier alpha value is -1.92. The van der Waals surface area contributed by atoms with Gasteiger partial charge in [-0.25, -0.2) is 0 Å². The topological polar surface area (TPSA) is 95.9 Å². The van der Waals surface area contributed by atoms with E-state index < -0.39 is 12.1 Å². The lowest BCUT2D eigenvalue weighted by molar-refractivity contribution is -0.143. The Balaban J connectivity index is 3.54. The summed E-state index contributed by atoms with van der Waals surface area (Å²) in [5.41, 5.74) is 0. The standard InChI is InChI=1S/C53H99NO5/c1-3-5-7-9-11-13-15-17-19-20-22-27-31-35-39-43-47-53(58)59-48-44-40-36-32-28-24-23-26-30-34-38-42-46-52(57)54-50(49-55)51(56)45-41-37-33-29-25-21-18-16-14-12-10-8-6-4-2/h19-20,24,28,41,45,50-51,55-56H,3-18,21-23,25-27,29-40,42-44,46-49H2,1-2H3,(H,54,57)/b20-19-,28-24-,45-41+. The molecule has 0 fully saturated rings. The van der Waals surface area contributed by atoms with Crippen LogP contribution in [0.4, 0.5) is 0 Å². The highest BCUT2D eigenvalue weighted by Crippen LogP contribution is 2.15. The molecule has 2 atom stereocenters. The molecule has 0 aromatic heterocycles. The summed E-state index contributed by atoms with van der Waals surface area (Å²) in [6.07, 6.45) is 58.6. The third kappa shape index (κ3) is 45.4. The second kappa shape index (κ2) is 48.7. The van der Waals surface area contributed by atoms with Gasteiger partial charge < -0.3 is 20.3 Å². The van der Waals surface area contributed by atoms with Gasteiger partial charge in [-0.2, -0.15) is 0 Å². The number of hydrogen-bond donors (Lipinski definition) is 3. The van der Waals surface area contributed by atoms with Gasteiger partial charge in [-0.3, -0.25) is 9.59 Å². The van der Waals surface area contributed by atoms with Gasteiger partial charge in [0.2, 0.25) is 5.91 Å². The van der Waals surface area contributed by atoms with Crippen molar-refractivity contribution in [3.05, 3.63) is 36.5 Å². The molecule has 0 bridgehead atoms. The van der Waals surface area contributed by atoms with E-state index in [0.29, 0.717) is 19.4 Å². The molecule has 59 heavy (non-hydrogen) atoms. The van der Waals surface area contributed by atoms with Gasteiger partial charge >= 0.3 is 5.97 Å². The van der Waals surface area contributed by atoms with Crippen LogP contribution in [0.3, 0.4) is 0 Å². The van der Waals surface area contributed by atoms with Gasteiger partial charge in [-0.1, -0.05) is 198 Å². The van der Waals surface area contributed by atoms with Gasteiger partial charge in [0.25, 0.3) is 0 Å². The summed E-state index contributed by atoms with van der Waals surface area (Å²) in [6, 6.07) is -0.646. The third-order valence-corrected chi connectivity index (χ3v) is 11.6. The lowest BCUT2D eigenvalue weighted by Crippen LogP contribution is -2.45. The van der Waals surface area contributed by atoms with Crippen LogP contribution in [0.2, 0.25) is 0 Å². The van der Waals surface area contributed by atoms with Crippen LogP contribution in [0.1, 0.15) is 264 Å². The smallest absolute Gasteiger partial charge is 0.305 e. The first-order valence-electron chi connectivity index (χ1n) is 25.8. The van der Waals surface area contributed by atoms with Crippen molar-refractivity contribution in [1.29, 1.82) is 0 Å². The predicted molar refractivity (Wildman–Crippen MR) is 255 cm³/mol. The van der Waals surface area contributed by atoms with E-state index in [-0.39, 0.29) is 18.5 Å². The quantitative estimate of drug-likeness (QED) is 0.0323. The summed E-state index contributed by atoms with van der Waals surface area (Å²) in [5.74, 6) is -0.127. The van der Waals surface area contributed by atoms with Crippen molar-refractivity contribution in [2.45, 2.75) is 276 Å². The normalized spacial score (nSPS) is 12.9. The zero-order valence-electron chi connectivity index (χ0n) is 39.2. The number of carbonyl (C=O) groups is 2. The average Bonchev–Trinajstić information content (AvgIpc) is 3.24. The van der Waals surface area contributed by atoms with Gasteiger partial charge in [-0.15, -0.1) is 0 Å². The molecule has 6 nitrogen and oxygen atoms in total. The average molecular weight is 830 g/mol. The Labute approximate surface area is 366 Å². The molecule has 6 heteroatoms. The molecule has 0 spiro atoms. The molecule has 3 N–H and O–H groups in total. The fourth-order valence-corrected chi connectivity index (χ4v) is 7.62. The number of carbonyl (C=O) groups excluding carboxylic acids is 2. The highest BCUT2D eigenvalue weighted by atomic mass is 16.5. The number of allylic oxidation sites excluding steroid dienone is 5. The first-order valence-corrected chi connectivity index (χ1v) is 25.8. The lowest BCUT2D eigenvalue weighted by Gasteiger charge is -2.20. The third-order valence-electron chi connectivity index (χ3n) is 11.6. The summed E-state index contributed by atoms with van der Waals surface area (Å²) in [5, 5.41) is 23.0. The molecule has 0 aliphatic rings. The molecule has 0 aromatic rings. The SMILES string of the molecule is CCCCCCCCC/C=C\CCCCCCCC(=O)OCCCCC/C=C\CCCCCCCC(=O)NC(CO)C(O)/C=C/CCCCCCCCCCCCCC. The predicted octanol–water partition coefficient (Wildman–Crippen LogP) is 15.3. The van der Waals surface area contributed by atoms with E-state index >= 15 is 0 Å². The molecule has 1 amide bonds. The first-order chi connectivity index (χ1) is 29.0. The number of unbranched alkanes of at least 4 members (excludes halogenated alkanes) is 32. The second-order valence-corrected chi connectivity index (χ2v) is 17.5. The monoisotopic (exact) mass is 830 g/mol. The van der Waals surface area contributed by atoms with E-state index in [1.54, 1.807) is 6.08 Å². The summed E-state index contributed by atoms with van der Waals surface area (Å²) in [4.78, 5) is 24.4. The van der Waals surface area contributed by atoms with Gasteiger partial charge in [0.15, 0.2) is 0 Å². The Morgan fingerprint density at radius 3 is 1.20 bits per heavy atom. The molecular formula is C53H99NO5. The number of aliphatic hydroxyl groups excluding tert-OH is 2. The van der Waals surface area contributed by atoms with E-state index in [1.165, 1.54) is 154 Å². The minimum Gasteiger partial charge on any atom is -0.466 e. The van der Waals surface area contributed by atoms with Crippen LogP contribution in [0.5, 0.6) is 0 Å². The molecule has 0 aromatic carbocycles. The van der Waals surface area contributed by atoms with E-state index in [1.807, 2.05) is 6.08 Å². The van der Waals surface area contributed by atoms with Crippen molar-refractivity contribution >= 4 is 11.9 Å². The van der Waals surface area contributed by atoms with Crippen LogP contribution in [0, 0.1) is 0 Å². The van der Waals surface area contributed by atoms with E-state index in [2.05, 4.69) is 43.5 Å². The molecule has 2 unspecified atom stereocenters. The molecule has 0 saturated heterocycles. The van der Waals surface area contributed by atoms with Crippen molar-refractivity contribution in [1.82, 2.24) is 5.32 Å². The number of esters is 1. The van der Waals surface area contributed by atoms with Gasteiger partial charge in [0, 0.05) is 12.8 Å². The Kier molecular flexibility index (Phi) is 47.2. The maximum Gasteiger partial charge on any atom is 0.305 e. The summed E-state index contributed by atoms with van der Waals surface area (Å²) in [7, 11) is 0. The maximum atomic E-state index is 12.4. The van der Waals surface area contributed by atoms with Crippen molar-refractivity contribution in [2.75, 3.05) is 13.2 Å². The minimum atomic E-state index is -0.860. The van der Waals surface area contributed by atoms with Crippen LogP contribution in [-0.2, 0) is 14.3 Å². The maximum absolute atomic E-state index is 12.4. The van der Waals surface area contributed by atoms with Crippen LogP contribution >= 0.6 is 0 Å². The first kappa shape index (κ1) is 57.1. The van der Waals surface area contributed by atoms with E-state index in [4.69, 9.17) is 4.74 Å². The summed E-state index contributed by atoms with van der Waals surface area (Å²) in [6.45, 7) is 4.83. The summed E-state index contributed by atoms with van der Waals surface area (Å²) < 4.78 is 5.44. The van der Waals surface area contributed by atoms with Crippen LogP contribution < -0.4 is 5.32 Å². The van der Waals surface area contributed by atoms with Crippen molar-refractivity contribution in [2.24, 2.45) is 0 Å². The van der Waals surface area contributed by atoms with Crippen LogP contribution in [-0.4, -0.2) is 47.4 Å². The number of nitrogens with one attached hydrogen (secondary N) is 1.